The summed E-state index contributed by atoms with van der Waals surface area (Å²) < 4.78 is 1.34. The summed E-state index contributed by atoms with van der Waals surface area (Å²) in [4.78, 5) is 30.4. The number of para-hydroxylation sites is 1. The maximum Gasteiger partial charge on any atom is 0.278 e. The first-order chi connectivity index (χ1) is 12.1. The lowest BCUT2D eigenvalue weighted by Crippen LogP contribution is -2.27. The minimum atomic E-state index is -0.781. The summed E-state index contributed by atoms with van der Waals surface area (Å²) in [5.74, 6) is -1.30. The number of phenolic OH excluding ortho intramolecular Hbond substituents is 2. The summed E-state index contributed by atoms with van der Waals surface area (Å²) in [5, 5.41) is 26.5. The maximum atomic E-state index is 12.0. The molecule has 2 heterocycles. The number of hydrogen-bond acceptors (Lipinski definition) is 7. The third-order valence-electron chi connectivity index (χ3n) is 3.17. The Bertz CT molecular complexity index is 994. The minimum absolute atomic E-state index is 0.166. The average molecular weight is 340 g/mol. The number of phenols is 2. The van der Waals surface area contributed by atoms with Crippen molar-refractivity contribution in [1.29, 1.82) is 0 Å². The second-order valence-corrected chi connectivity index (χ2v) is 4.81. The molecule has 0 saturated carbocycles. The van der Waals surface area contributed by atoms with Gasteiger partial charge in [0.2, 0.25) is 5.95 Å². The zero-order valence-corrected chi connectivity index (χ0v) is 12.6. The summed E-state index contributed by atoms with van der Waals surface area (Å²) >= 11 is 0. The second-order valence-electron chi connectivity index (χ2n) is 4.81. The Labute approximate surface area is 140 Å². The highest BCUT2D eigenvalue weighted by atomic mass is 16.3. The number of carbonyl (C=O) groups excluding carboxylic acids is 1. The minimum Gasteiger partial charge on any atom is -0.504 e. The highest BCUT2D eigenvalue weighted by molar-refractivity contribution is 5.94. The van der Waals surface area contributed by atoms with E-state index < -0.39 is 11.5 Å². The van der Waals surface area contributed by atoms with Crippen LogP contribution in [0.3, 0.4) is 0 Å². The van der Waals surface area contributed by atoms with Crippen molar-refractivity contribution in [3.8, 4) is 17.4 Å². The van der Waals surface area contributed by atoms with Crippen LogP contribution in [0.5, 0.6) is 11.5 Å². The first kappa shape index (κ1) is 15.9. The van der Waals surface area contributed by atoms with E-state index >= 15 is 0 Å². The van der Waals surface area contributed by atoms with E-state index in [9.17, 15) is 19.8 Å². The molecule has 10 nitrogen and oxygen atoms in total. The van der Waals surface area contributed by atoms with Gasteiger partial charge in [-0.25, -0.2) is 15.1 Å². The van der Waals surface area contributed by atoms with Gasteiger partial charge in [-0.2, -0.15) is 10.2 Å². The van der Waals surface area contributed by atoms with Gasteiger partial charge in [-0.15, -0.1) is 0 Å². The number of aromatic nitrogens is 4. The maximum absolute atomic E-state index is 12.0. The molecule has 0 radical (unpaired) electrons. The van der Waals surface area contributed by atoms with E-state index in [1.165, 1.54) is 29.1 Å². The molecule has 2 aromatic heterocycles. The first-order valence-corrected chi connectivity index (χ1v) is 7.00. The van der Waals surface area contributed by atoms with Gasteiger partial charge in [0.1, 0.15) is 5.56 Å². The molecular weight excluding hydrogens is 328 g/mol. The van der Waals surface area contributed by atoms with E-state index in [-0.39, 0.29) is 28.6 Å². The van der Waals surface area contributed by atoms with Crippen LogP contribution in [0.1, 0.15) is 15.9 Å². The van der Waals surface area contributed by atoms with E-state index in [2.05, 4.69) is 25.6 Å². The number of rotatable bonds is 4. The van der Waals surface area contributed by atoms with E-state index in [0.29, 0.717) is 0 Å². The van der Waals surface area contributed by atoms with E-state index in [4.69, 9.17) is 0 Å². The van der Waals surface area contributed by atoms with Crippen molar-refractivity contribution in [3.05, 3.63) is 64.3 Å². The molecular formula is C15H12N6O4. The van der Waals surface area contributed by atoms with Gasteiger partial charge in [0.25, 0.3) is 11.5 Å². The lowest BCUT2D eigenvalue weighted by Gasteiger charge is -2.03. The summed E-state index contributed by atoms with van der Waals surface area (Å²) in [6.45, 7) is 0. The van der Waals surface area contributed by atoms with Crippen molar-refractivity contribution in [2.75, 3.05) is 0 Å². The normalized spacial score (nSPS) is 10.9. The molecule has 0 spiro atoms. The number of benzene rings is 1. The van der Waals surface area contributed by atoms with E-state index in [1.54, 1.807) is 12.3 Å². The molecule has 0 aliphatic carbocycles. The van der Waals surface area contributed by atoms with Gasteiger partial charge in [-0.3, -0.25) is 14.6 Å². The predicted octanol–water partition coefficient (Wildman–Crippen LogP) is 0.131. The second kappa shape index (κ2) is 6.66. The van der Waals surface area contributed by atoms with Crippen LogP contribution in [0.25, 0.3) is 5.95 Å². The number of hydrogen-bond donors (Lipinski definition) is 4. The molecule has 10 heteroatoms. The number of aromatic hydroxyl groups is 2. The number of H-pyrrole nitrogens is 1. The Hall–Kier alpha value is -3.95. The molecule has 0 saturated heterocycles. The molecule has 3 rings (SSSR count). The van der Waals surface area contributed by atoms with E-state index in [0.717, 1.165) is 12.4 Å². The number of nitrogens with one attached hydrogen (secondary N) is 2. The van der Waals surface area contributed by atoms with E-state index in [1.807, 2.05) is 0 Å². The summed E-state index contributed by atoms with van der Waals surface area (Å²) in [6, 6.07) is 5.95. The predicted molar refractivity (Wildman–Crippen MR) is 86.8 cm³/mol. The highest BCUT2D eigenvalue weighted by Gasteiger charge is 2.12. The van der Waals surface area contributed by atoms with Crippen LogP contribution in [-0.2, 0) is 0 Å². The Balaban J connectivity index is 1.74. The number of carbonyl (C=O) groups is 1. The van der Waals surface area contributed by atoms with Gasteiger partial charge < -0.3 is 10.2 Å². The number of amides is 1. The fourth-order valence-corrected chi connectivity index (χ4v) is 1.93. The molecule has 0 bridgehead atoms. The molecule has 0 aliphatic heterocycles. The van der Waals surface area contributed by atoms with Gasteiger partial charge in [-0.05, 0) is 18.2 Å². The van der Waals surface area contributed by atoms with Crippen LogP contribution in [0.15, 0.2) is 52.8 Å². The van der Waals surface area contributed by atoms with Gasteiger partial charge in [0, 0.05) is 24.2 Å². The van der Waals surface area contributed by atoms with Crippen molar-refractivity contribution in [3.63, 3.8) is 0 Å². The van der Waals surface area contributed by atoms with Crippen LogP contribution >= 0.6 is 0 Å². The quantitative estimate of drug-likeness (QED) is 0.302. The average Bonchev–Trinajstić information content (AvgIpc) is 3.13. The van der Waals surface area contributed by atoms with Gasteiger partial charge in [0.15, 0.2) is 11.5 Å². The van der Waals surface area contributed by atoms with Crippen LogP contribution in [0, 0.1) is 0 Å². The lowest BCUT2D eigenvalue weighted by atomic mass is 10.2. The monoisotopic (exact) mass is 340 g/mol. The molecule has 126 valence electrons. The zero-order valence-electron chi connectivity index (χ0n) is 12.6. The SMILES string of the molecule is O=C(NN=Cc1cccc(O)c1O)c1cnc(-n2cccn2)[nH]c1=O. The zero-order chi connectivity index (χ0) is 17.8. The van der Waals surface area contributed by atoms with Gasteiger partial charge in [-0.1, -0.05) is 6.07 Å². The summed E-state index contributed by atoms with van der Waals surface area (Å²) in [5.41, 5.74) is 1.44. The van der Waals surface area contributed by atoms with Crippen molar-refractivity contribution in [2.24, 2.45) is 5.10 Å². The third-order valence-corrected chi connectivity index (χ3v) is 3.17. The smallest absolute Gasteiger partial charge is 0.278 e. The third kappa shape index (κ3) is 3.37. The Kier molecular flexibility index (Phi) is 4.24. The Morgan fingerprint density at radius 2 is 2.16 bits per heavy atom. The highest BCUT2D eigenvalue weighted by Crippen LogP contribution is 2.26. The molecule has 0 fully saturated rings. The topological polar surface area (TPSA) is 145 Å². The molecule has 1 aromatic carbocycles. The lowest BCUT2D eigenvalue weighted by molar-refractivity contribution is 0.0953. The van der Waals surface area contributed by atoms with Crippen LogP contribution < -0.4 is 11.0 Å². The molecule has 0 atom stereocenters. The Morgan fingerprint density at radius 1 is 1.32 bits per heavy atom. The fraction of sp³-hybridized carbons (Fsp3) is 0. The number of hydrazone groups is 1. The van der Waals surface area contributed by atoms with Gasteiger partial charge >= 0.3 is 0 Å². The van der Waals surface area contributed by atoms with Crippen molar-refractivity contribution < 1.29 is 15.0 Å². The number of nitrogens with zero attached hydrogens (tertiary/aromatic N) is 4. The number of aromatic amines is 1. The van der Waals surface area contributed by atoms with Crippen LogP contribution in [-0.4, -0.2) is 42.1 Å². The molecule has 3 aromatic rings. The van der Waals surface area contributed by atoms with Crippen LogP contribution in [0.4, 0.5) is 0 Å². The first-order valence-electron chi connectivity index (χ1n) is 7.00. The standard InChI is InChI=1S/C15H12N6O4/c22-11-4-1-3-9(12(11)23)7-17-20-14(25)10-8-16-15(19-13(10)24)21-6-2-5-18-21/h1-8,22-23H,(H,20,25)(H,16,19,24). The summed E-state index contributed by atoms with van der Waals surface area (Å²) in [6.07, 6.45) is 5.34. The summed E-state index contributed by atoms with van der Waals surface area (Å²) in [7, 11) is 0. The molecule has 0 unspecified atom stereocenters. The molecule has 0 aliphatic rings. The van der Waals surface area contributed by atoms with Crippen molar-refractivity contribution in [1.82, 2.24) is 25.2 Å². The fourth-order valence-electron chi connectivity index (χ4n) is 1.93. The van der Waals surface area contributed by atoms with Crippen molar-refractivity contribution in [2.45, 2.75) is 0 Å². The Morgan fingerprint density at radius 3 is 2.88 bits per heavy atom. The molecule has 1 amide bonds. The van der Waals surface area contributed by atoms with Gasteiger partial charge in [0.05, 0.1) is 6.21 Å². The molecule has 25 heavy (non-hydrogen) atoms. The van der Waals surface area contributed by atoms with Crippen LogP contribution in [0.2, 0.25) is 0 Å². The van der Waals surface area contributed by atoms with Crippen molar-refractivity contribution >= 4 is 12.1 Å². The molecule has 4 N–H and O–H groups in total. The largest absolute Gasteiger partial charge is 0.504 e.